The van der Waals surface area contributed by atoms with Crippen LogP contribution in [0.1, 0.15) is 24.0 Å². The maximum Gasteiger partial charge on any atom is 0.309 e. The number of nitrogens with zero attached hydrogens (tertiary/aromatic N) is 1. The first-order valence-electron chi connectivity index (χ1n) is 8.87. The number of benzene rings is 1. The largest absolute Gasteiger partial charge is 0.455 e. The molecule has 0 spiro atoms. The Hall–Kier alpha value is -2.19. The number of piperidine rings is 1. The number of aryl methyl sites for hydroxylation is 2. The molecule has 0 atom stereocenters. The van der Waals surface area contributed by atoms with Crippen molar-refractivity contribution < 1.29 is 22.7 Å². The zero-order chi connectivity index (χ0) is 20.0. The van der Waals surface area contributed by atoms with Gasteiger partial charge in [0, 0.05) is 19.6 Å². The zero-order valence-corrected chi connectivity index (χ0v) is 16.5. The van der Waals surface area contributed by atoms with Gasteiger partial charge in [-0.3, -0.25) is 9.59 Å². The Balaban J connectivity index is 1.90. The second kappa shape index (κ2) is 9.14. The lowest BCUT2D eigenvalue weighted by atomic mass is 9.98. The minimum atomic E-state index is -3.58. The van der Waals surface area contributed by atoms with Crippen molar-refractivity contribution in [1.29, 1.82) is 0 Å². The van der Waals surface area contributed by atoms with Crippen molar-refractivity contribution in [1.82, 2.24) is 9.62 Å². The SMILES string of the molecule is C=CCNC(=O)COC(=O)C1CCN(S(=O)(=O)c2ccc(C)c(C)c2)CC1. The van der Waals surface area contributed by atoms with E-state index in [1.54, 1.807) is 18.2 Å². The molecule has 1 N–H and O–H groups in total. The number of ether oxygens (including phenoxy) is 1. The molecule has 1 aromatic rings. The molecule has 1 heterocycles. The van der Waals surface area contributed by atoms with Gasteiger partial charge in [0.1, 0.15) is 0 Å². The Morgan fingerprint density at radius 1 is 1.26 bits per heavy atom. The molecule has 0 aliphatic carbocycles. The van der Waals surface area contributed by atoms with E-state index in [-0.39, 0.29) is 24.6 Å². The summed E-state index contributed by atoms with van der Waals surface area (Å²) >= 11 is 0. The fourth-order valence-corrected chi connectivity index (χ4v) is 4.40. The monoisotopic (exact) mass is 394 g/mol. The molecule has 0 radical (unpaired) electrons. The summed E-state index contributed by atoms with van der Waals surface area (Å²) in [6.07, 6.45) is 2.28. The highest BCUT2D eigenvalue weighted by Crippen LogP contribution is 2.25. The summed E-state index contributed by atoms with van der Waals surface area (Å²) in [6, 6.07) is 5.08. The fourth-order valence-electron chi connectivity index (χ4n) is 2.85. The Kier molecular flexibility index (Phi) is 7.15. The molecule has 0 aromatic heterocycles. The number of nitrogens with one attached hydrogen (secondary N) is 1. The van der Waals surface area contributed by atoms with Gasteiger partial charge in [-0.2, -0.15) is 4.31 Å². The minimum absolute atomic E-state index is 0.248. The van der Waals surface area contributed by atoms with E-state index in [0.29, 0.717) is 19.4 Å². The fraction of sp³-hybridized carbons (Fsp3) is 0.474. The van der Waals surface area contributed by atoms with Crippen molar-refractivity contribution in [2.45, 2.75) is 31.6 Å². The highest BCUT2D eigenvalue weighted by Gasteiger charge is 2.33. The smallest absolute Gasteiger partial charge is 0.309 e. The first-order chi connectivity index (χ1) is 12.8. The van der Waals surface area contributed by atoms with Crippen LogP contribution < -0.4 is 5.32 Å². The standard InChI is InChI=1S/C19H26N2O5S/c1-4-9-20-18(22)13-26-19(23)16-7-10-21(11-8-16)27(24,25)17-6-5-14(2)15(3)12-17/h4-6,12,16H,1,7-11,13H2,2-3H3,(H,20,22). The summed E-state index contributed by atoms with van der Waals surface area (Å²) in [4.78, 5) is 23.8. The van der Waals surface area contributed by atoms with E-state index in [4.69, 9.17) is 4.74 Å². The number of esters is 1. The van der Waals surface area contributed by atoms with E-state index in [2.05, 4.69) is 11.9 Å². The zero-order valence-electron chi connectivity index (χ0n) is 15.7. The van der Waals surface area contributed by atoms with Crippen LogP contribution in [0.25, 0.3) is 0 Å². The van der Waals surface area contributed by atoms with Gasteiger partial charge in [0.25, 0.3) is 5.91 Å². The predicted octanol–water partition coefficient (Wildman–Crippen LogP) is 1.55. The molecular formula is C19H26N2O5S. The predicted molar refractivity (Wildman–Crippen MR) is 102 cm³/mol. The van der Waals surface area contributed by atoms with Gasteiger partial charge in [0.2, 0.25) is 10.0 Å². The van der Waals surface area contributed by atoms with E-state index in [0.717, 1.165) is 11.1 Å². The number of hydrogen-bond donors (Lipinski definition) is 1. The number of carbonyl (C=O) groups excluding carboxylic acids is 2. The van der Waals surface area contributed by atoms with Gasteiger partial charge < -0.3 is 10.1 Å². The Morgan fingerprint density at radius 2 is 1.93 bits per heavy atom. The van der Waals surface area contributed by atoms with Gasteiger partial charge in [-0.05, 0) is 49.9 Å². The first-order valence-corrected chi connectivity index (χ1v) is 10.3. The highest BCUT2D eigenvalue weighted by atomic mass is 32.2. The molecular weight excluding hydrogens is 368 g/mol. The van der Waals surface area contributed by atoms with Gasteiger partial charge in [-0.1, -0.05) is 12.1 Å². The maximum atomic E-state index is 12.8. The van der Waals surface area contributed by atoms with E-state index in [1.165, 1.54) is 10.4 Å². The number of amides is 1. The highest BCUT2D eigenvalue weighted by molar-refractivity contribution is 7.89. The average Bonchev–Trinajstić information content (AvgIpc) is 2.66. The second-order valence-electron chi connectivity index (χ2n) is 6.62. The van der Waals surface area contributed by atoms with Crippen LogP contribution in [-0.4, -0.2) is 50.8 Å². The molecule has 8 heteroatoms. The van der Waals surface area contributed by atoms with Crippen LogP contribution >= 0.6 is 0 Å². The minimum Gasteiger partial charge on any atom is -0.455 e. The third kappa shape index (κ3) is 5.40. The molecule has 148 valence electrons. The van der Waals surface area contributed by atoms with Crippen molar-refractivity contribution in [2.75, 3.05) is 26.2 Å². The van der Waals surface area contributed by atoms with Gasteiger partial charge in [0.15, 0.2) is 6.61 Å². The van der Waals surface area contributed by atoms with Gasteiger partial charge in [-0.15, -0.1) is 6.58 Å². The third-order valence-corrected chi connectivity index (χ3v) is 6.59. The van der Waals surface area contributed by atoms with Crippen molar-refractivity contribution in [3.05, 3.63) is 42.0 Å². The summed E-state index contributed by atoms with van der Waals surface area (Å²) in [7, 11) is -3.58. The molecule has 1 fully saturated rings. The molecule has 1 saturated heterocycles. The average molecular weight is 394 g/mol. The number of hydrogen-bond acceptors (Lipinski definition) is 5. The Bertz CT molecular complexity index is 811. The first kappa shape index (κ1) is 21.1. The van der Waals surface area contributed by atoms with Gasteiger partial charge in [0.05, 0.1) is 10.8 Å². The van der Waals surface area contributed by atoms with E-state index in [1.807, 2.05) is 13.8 Å². The third-order valence-electron chi connectivity index (χ3n) is 4.69. The van der Waals surface area contributed by atoms with Gasteiger partial charge in [-0.25, -0.2) is 8.42 Å². The lowest BCUT2D eigenvalue weighted by Crippen LogP contribution is -2.41. The lowest BCUT2D eigenvalue weighted by molar-refractivity contribution is -0.153. The Labute approximate surface area is 160 Å². The van der Waals surface area contributed by atoms with Crippen molar-refractivity contribution >= 4 is 21.9 Å². The van der Waals surface area contributed by atoms with E-state index in [9.17, 15) is 18.0 Å². The molecule has 0 unspecified atom stereocenters. The summed E-state index contributed by atoms with van der Waals surface area (Å²) in [6.45, 7) is 7.76. The van der Waals surface area contributed by atoms with Crippen LogP contribution in [0.5, 0.6) is 0 Å². The second-order valence-corrected chi connectivity index (χ2v) is 8.56. The molecule has 7 nitrogen and oxygen atoms in total. The van der Waals surface area contributed by atoms with Crippen LogP contribution in [0.2, 0.25) is 0 Å². The van der Waals surface area contributed by atoms with Crippen LogP contribution in [0.15, 0.2) is 35.7 Å². The topological polar surface area (TPSA) is 92.8 Å². The maximum absolute atomic E-state index is 12.8. The molecule has 0 bridgehead atoms. The van der Waals surface area contributed by atoms with Crippen molar-refractivity contribution in [3.8, 4) is 0 Å². The van der Waals surface area contributed by atoms with E-state index < -0.39 is 27.8 Å². The summed E-state index contributed by atoms with van der Waals surface area (Å²) < 4.78 is 32.0. The van der Waals surface area contributed by atoms with Gasteiger partial charge >= 0.3 is 5.97 Å². The Morgan fingerprint density at radius 3 is 2.52 bits per heavy atom. The summed E-state index contributed by atoms with van der Waals surface area (Å²) in [5.41, 5.74) is 1.96. The van der Waals surface area contributed by atoms with Crippen LogP contribution in [0.4, 0.5) is 0 Å². The van der Waals surface area contributed by atoms with Crippen LogP contribution in [0.3, 0.4) is 0 Å². The normalized spacial score (nSPS) is 15.9. The molecule has 27 heavy (non-hydrogen) atoms. The molecule has 1 aliphatic rings. The summed E-state index contributed by atoms with van der Waals surface area (Å²) in [5, 5.41) is 2.52. The molecule has 1 aromatic carbocycles. The molecule has 1 amide bonds. The summed E-state index contributed by atoms with van der Waals surface area (Å²) in [5.74, 6) is -1.26. The number of sulfonamides is 1. The van der Waals surface area contributed by atoms with Crippen molar-refractivity contribution in [3.63, 3.8) is 0 Å². The number of rotatable bonds is 7. The lowest BCUT2D eigenvalue weighted by Gasteiger charge is -2.30. The molecule has 2 rings (SSSR count). The van der Waals surface area contributed by atoms with Crippen LogP contribution in [-0.2, 0) is 24.3 Å². The molecule has 0 saturated carbocycles. The number of carbonyl (C=O) groups is 2. The van der Waals surface area contributed by atoms with E-state index >= 15 is 0 Å². The quantitative estimate of drug-likeness (QED) is 0.559. The molecule has 1 aliphatic heterocycles. The van der Waals surface area contributed by atoms with Crippen LogP contribution in [0, 0.1) is 19.8 Å². The van der Waals surface area contributed by atoms with Crippen molar-refractivity contribution in [2.24, 2.45) is 5.92 Å².